The smallest absolute Gasteiger partial charge is 0.298 e. The summed E-state index contributed by atoms with van der Waals surface area (Å²) in [6.07, 6.45) is 1.24. The van der Waals surface area contributed by atoms with Crippen LogP contribution in [0, 0.1) is 0 Å². The zero-order valence-electron chi connectivity index (χ0n) is 5.76. The number of hydrogen-bond acceptors (Lipinski definition) is 3. The zero-order chi connectivity index (χ0) is 8.43. The molecule has 1 amide bonds. The van der Waals surface area contributed by atoms with Gasteiger partial charge in [-0.25, -0.2) is 4.99 Å². The summed E-state index contributed by atoms with van der Waals surface area (Å²) < 4.78 is 0. The van der Waals surface area contributed by atoms with Crippen LogP contribution in [0.5, 0.6) is 0 Å². The minimum absolute atomic E-state index is 0.0925. The average Bonchev–Trinajstić information content (AvgIpc) is 2.19. The predicted octanol–water partition coefficient (Wildman–Crippen LogP) is -0.217. The number of nitrogens with zero attached hydrogens (tertiary/aromatic N) is 1. The third-order valence-corrected chi connectivity index (χ3v) is 1.22. The second kappa shape index (κ2) is 2.49. The molecular formula is C7H6N2O2. The molecule has 0 aliphatic carbocycles. The van der Waals surface area contributed by atoms with E-state index in [1.54, 1.807) is 0 Å². The molecule has 1 rings (SSSR count). The maximum atomic E-state index is 10.8. The number of amides is 1. The molecule has 0 aromatic heterocycles. The Morgan fingerprint density at radius 2 is 2.09 bits per heavy atom. The summed E-state index contributed by atoms with van der Waals surface area (Å²) in [7, 11) is 0. The Bertz CT molecular complexity index is 289. The van der Waals surface area contributed by atoms with E-state index in [1.807, 2.05) is 0 Å². The Balaban J connectivity index is 3.01. The second-order valence-corrected chi connectivity index (χ2v) is 1.92. The highest BCUT2D eigenvalue weighted by Gasteiger charge is 2.30. The fourth-order valence-corrected chi connectivity index (χ4v) is 0.686. The molecule has 0 bridgehead atoms. The van der Waals surface area contributed by atoms with Gasteiger partial charge in [0.15, 0.2) is 0 Å². The van der Waals surface area contributed by atoms with Crippen LogP contribution >= 0.6 is 0 Å². The van der Waals surface area contributed by atoms with Gasteiger partial charge in [-0.15, -0.1) is 0 Å². The standard InChI is InChI=1S/C7H6N2O2/c1-3-8-6-4(2)5(10)7(11)9-6/h3H,1-2H2,(H,8,9,11). The number of carbonyl (C=O) groups is 2. The van der Waals surface area contributed by atoms with Gasteiger partial charge in [-0.05, 0) is 0 Å². The van der Waals surface area contributed by atoms with Gasteiger partial charge in [-0.2, -0.15) is 0 Å². The summed E-state index contributed by atoms with van der Waals surface area (Å²) in [4.78, 5) is 25.0. The van der Waals surface area contributed by atoms with E-state index in [1.165, 1.54) is 6.20 Å². The van der Waals surface area contributed by atoms with Gasteiger partial charge in [-0.3, -0.25) is 9.59 Å². The quantitative estimate of drug-likeness (QED) is 0.415. The summed E-state index contributed by atoms with van der Waals surface area (Å²) >= 11 is 0. The van der Waals surface area contributed by atoms with Crippen molar-refractivity contribution in [1.82, 2.24) is 5.32 Å². The number of hydrogen-bond donors (Lipinski definition) is 1. The third-order valence-electron chi connectivity index (χ3n) is 1.22. The van der Waals surface area contributed by atoms with Crippen molar-refractivity contribution < 1.29 is 9.59 Å². The lowest BCUT2D eigenvalue weighted by atomic mass is 10.2. The molecule has 1 aliphatic rings. The Hall–Kier alpha value is -1.71. The summed E-state index contributed by atoms with van der Waals surface area (Å²) in [5.74, 6) is -1.13. The lowest BCUT2D eigenvalue weighted by molar-refractivity contribution is -0.133. The highest BCUT2D eigenvalue weighted by molar-refractivity contribution is 6.57. The highest BCUT2D eigenvalue weighted by atomic mass is 16.2. The molecular weight excluding hydrogens is 144 g/mol. The zero-order valence-corrected chi connectivity index (χ0v) is 5.76. The van der Waals surface area contributed by atoms with Crippen LogP contribution in [0.15, 0.2) is 29.9 Å². The molecule has 0 aromatic rings. The number of amidine groups is 1. The van der Waals surface area contributed by atoms with Crippen LogP contribution in [0.4, 0.5) is 0 Å². The first kappa shape index (κ1) is 7.40. The van der Waals surface area contributed by atoms with Crippen molar-refractivity contribution in [3.05, 3.63) is 24.9 Å². The highest BCUT2D eigenvalue weighted by Crippen LogP contribution is 2.03. The molecule has 0 radical (unpaired) electrons. The Labute approximate surface area is 63.3 Å². The second-order valence-electron chi connectivity index (χ2n) is 1.92. The van der Waals surface area contributed by atoms with E-state index in [0.29, 0.717) is 0 Å². The van der Waals surface area contributed by atoms with Gasteiger partial charge in [0, 0.05) is 6.20 Å². The minimum Gasteiger partial charge on any atom is -0.303 e. The van der Waals surface area contributed by atoms with Crippen molar-refractivity contribution in [2.24, 2.45) is 4.99 Å². The van der Waals surface area contributed by atoms with Crippen molar-refractivity contribution in [3.8, 4) is 0 Å². The van der Waals surface area contributed by atoms with Gasteiger partial charge >= 0.3 is 0 Å². The average molecular weight is 150 g/mol. The molecule has 56 valence electrons. The van der Waals surface area contributed by atoms with E-state index in [9.17, 15) is 9.59 Å². The Morgan fingerprint density at radius 3 is 2.45 bits per heavy atom. The molecule has 0 atom stereocenters. The molecule has 4 nitrogen and oxygen atoms in total. The number of aliphatic imine (C=N–C) groups is 1. The Morgan fingerprint density at radius 1 is 1.45 bits per heavy atom. The molecule has 11 heavy (non-hydrogen) atoms. The first-order valence-electron chi connectivity index (χ1n) is 2.90. The largest absolute Gasteiger partial charge is 0.303 e. The molecule has 1 aliphatic heterocycles. The summed E-state index contributed by atoms with van der Waals surface area (Å²) in [6, 6.07) is 0. The van der Waals surface area contributed by atoms with Gasteiger partial charge in [0.05, 0.1) is 5.57 Å². The minimum atomic E-state index is -0.685. The summed E-state index contributed by atoms with van der Waals surface area (Å²) in [5.41, 5.74) is 0.0925. The normalized spacial score (nSPS) is 20.7. The van der Waals surface area contributed by atoms with Gasteiger partial charge < -0.3 is 5.32 Å². The van der Waals surface area contributed by atoms with E-state index in [-0.39, 0.29) is 11.4 Å². The van der Waals surface area contributed by atoms with Crippen molar-refractivity contribution in [3.63, 3.8) is 0 Å². The first-order valence-corrected chi connectivity index (χ1v) is 2.90. The number of nitrogens with one attached hydrogen (secondary N) is 1. The fraction of sp³-hybridized carbons (Fsp3) is 0. The molecule has 1 saturated heterocycles. The third kappa shape index (κ3) is 1.10. The number of Topliss-reactive ketones (excluding diaryl/α,β-unsaturated/α-hetero) is 1. The van der Waals surface area contributed by atoms with E-state index < -0.39 is 11.7 Å². The van der Waals surface area contributed by atoms with E-state index in [4.69, 9.17) is 0 Å². The maximum absolute atomic E-state index is 10.8. The summed E-state index contributed by atoms with van der Waals surface area (Å²) in [5, 5.41) is 2.25. The molecule has 0 unspecified atom stereocenters. The van der Waals surface area contributed by atoms with Gasteiger partial charge in [0.25, 0.3) is 11.7 Å². The molecule has 0 saturated carbocycles. The van der Waals surface area contributed by atoms with E-state index in [2.05, 4.69) is 23.5 Å². The van der Waals surface area contributed by atoms with Crippen molar-refractivity contribution in [1.29, 1.82) is 0 Å². The van der Waals surface area contributed by atoms with Crippen molar-refractivity contribution in [2.75, 3.05) is 0 Å². The number of rotatable bonds is 1. The summed E-state index contributed by atoms with van der Waals surface area (Å²) in [6.45, 7) is 6.69. The topological polar surface area (TPSA) is 58.5 Å². The first-order chi connectivity index (χ1) is 5.16. The SMILES string of the molecule is C=CN=C1NC(=O)C(=O)C1=C. The number of ketones is 1. The van der Waals surface area contributed by atoms with E-state index >= 15 is 0 Å². The van der Waals surface area contributed by atoms with Crippen LogP contribution in [0.25, 0.3) is 0 Å². The van der Waals surface area contributed by atoms with Gasteiger partial charge in [0.1, 0.15) is 5.84 Å². The predicted molar refractivity (Wildman–Crippen MR) is 39.9 cm³/mol. The van der Waals surface area contributed by atoms with Crippen LogP contribution < -0.4 is 5.32 Å². The molecule has 4 heteroatoms. The van der Waals surface area contributed by atoms with Crippen molar-refractivity contribution in [2.45, 2.75) is 0 Å². The molecule has 0 aromatic carbocycles. The molecule has 1 heterocycles. The van der Waals surface area contributed by atoms with Gasteiger partial charge in [-0.1, -0.05) is 13.2 Å². The Kier molecular flexibility index (Phi) is 1.68. The monoisotopic (exact) mass is 150 g/mol. The number of carbonyl (C=O) groups excluding carboxylic acids is 2. The fourth-order valence-electron chi connectivity index (χ4n) is 0.686. The lowest BCUT2D eigenvalue weighted by Gasteiger charge is -1.89. The molecule has 1 N–H and O–H groups in total. The van der Waals surface area contributed by atoms with Crippen LogP contribution in [-0.2, 0) is 9.59 Å². The molecule has 0 spiro atoms. The van der Waals surface area contributed by atoms with Crippen molar-refractivity contribution >= 4 is 17.5 Å². The van der Waals surface area contributed by atoms with Crippen LogP contribution in [0.3, 0.4) is 0 Å². The lowest BCUT2D eigenvalue weighted by Crippen LogP contribution is -2.21. The van der Waals surface area contributed by atoms with Crippen LogP contribution in [-0.4, -0.2) is 17.5 Å². The van der Waals surface area contributed by atoms with E-state index in [0.717, 1.165) is 0 Å². The van der Waals surface area contributed by atoms with Crippen LogP contribution in [0.1, 0.15) is 0 Å². The maximum Gasteiger partial charge on any atom is 0.298 e. The van der Waals surface area contributed by atoms with Gasteiger partial charge in [0.2, 0.25) is 0 Å². The van der Waals surface area contributed by atoms with Crippen LogP contribution in [0.2, 0.25) is 0 Å². The molecule has 1 fully saturated rings.